The highest BCUT2D eigenvalue weighted by atomic mass is 32.2. The molecule has 0 saturated carbocycles. The zero-order chi connectivity index (χ0) is 15.7. The standard InChI is InChI=1S/C12H18O5S3/c1-7(13)17-11(5-18-8(2)14)12(20-10(4)16)6-19-9(3)15/h11-12H,5-6H2,1-4H3. The molecule has 0 N–H and O–H groups in total. The summed E-state index contributed by atoms with van der Waals surface area (Å²) in [6, 6.07) is 0. The quantitative estimate of drug-likeness (QED) is 0.653. The minimum Gasteiger partial charge on any atom is -0.460 e. The summed E-state index contributed by atoms with van der Waals surface area (Å²) < 4.78 is 5.19. The number of hydrogen-bond acceptors (Lipinski definition) is 8. The smallest absolute Gasteiger partial charge is 0.302 e. The lowest BCUT2D eigenvalue weighted by Gasteiger charge is -2.24. The maximum absolute atomic E-state index is 11.3. The lowest BCUT2D eigenvalue weighted by molar-refractivity contribution is -0.145. The Hall–Kier alpha value is -0.470. The molecule has 5 nitrogen and oxygen atoms in total. The number of esters is 1. The number of hydrogen-bond donors (Lipinski definition) is 0. The van der Waals surface area contributed by atoms with E-state index in [2.05, 4.69) is 0 Å². The molecule has 0 radical (unpaired) electrons. The van der Waals surface area contributed by atoms with Crippen molar-refractivity contribution in [1.29, 1.82) is 0 Å². The number of thioether (sulfide) groups is 3. The SMILES string of the molecule is CC(=O)OC(CSC(C)=O)C(CSC(C)=O)SC(C)=O. The molecule has 0 aromatic rings. The average Bonchev–Trinajstić information content (AvgIpc) is 2.28. The van der Waals surface area contributed by atoms with Crippen LogP contribution < -0.4 is 0 Å². The minimum absolute atomic E-state index is 0.0695. The summed E-state index contributed by atoms with van der Waals surface area (Å²) in [5.41, 5.74) is 0. The van der Waals surface area contributed by atoms with Crippen molar-refractivity contribution in [2.24, 2.45) is 0 Å². The average molecular weight is 338 g/mol. The van der Waals surface area contributed by atoms with Crippen LogP contribution in [-0.2, 0) is 23.9 Å². The van der Waals surface area contributed by atoms with Gasteiger partial charge in [0.2, 0.25) is 0 Å². The van der Waals surface area contributed by atoms with E-state index in [1.165, 1.54) is 27.7 Å². The van der Waals surface area contributed by atoms with Crippen molar-refractivity contribution in [2.75, 3.05) is 11.5 Å². The second-order valence-corrected chi connectivity index (χ2v) is 7.71. The normalized spacial score (nSPS) is 13.4. The lowest BCUT2D eigenvalue weighted by Crippen LogP contribution is -2.34. The Bertz CT molecular complexity index is 347. The Balaban J connectivity index is 4.83. The van der Waals surface area contributed by atoms with Gasteiger partial charge in [-0.2, -0.15) is 0 Å². The summed E-state index contributed by atoms with van der Waals surface area (Å²) in [6.07, 6.45) is -0.581. The van der Waals surface area contributed by atoms with Gasteiger partial charge in [-0.05, 0) is 0 Å². The maximum Gasteiger partial charge on any atom is 0.302 e. The number of carbonyl (C=O) groups excluding carboxylic acids is 4. The van der Waals surface area contributed by atoms with Crippen LogP contribution in [0, 0.1) is 0 Å². The van der Waals surface area contributed by atoms with Crippen LogP contribution in [-0.4, -0.2) is 44.2 Å². The van der Waals surface area contributed by atoms with Crippen LogP contribution in [0.15, 0.2) is 0 Å². The first-order chi connectivity index (χ1) is 9.22. The third kappa shape index (κ3) is 10.3. The van der Waals surface area contributed by atoms with Crippen molar-refractivity contribution in [3.05, 3.63) is 0 Å². The molecule has 0 aliphatic carbocycles. The van der Waals surface area contributed by atoms with Gasteiger partial charge >= 0.3 is 5.97 Å². The van der Waals surface area contributed by atoms with E-state index in [0.29, 0.717) is 5.75 Å². The second kappa shape index (κ2) is 10.3. The van der Waals surface area contributed by atoms with Crippen molar-refractivity contribution >= 4 is 56.6 Å². The number of carbonyl (C=O) groups is 4. The molecular formula is C12H18O5S3. The van der Waals surface area contributed by atoms with Gasteiger partial charge in [-0.1, -0.05) is 35.3 Å². The van der Waals surface area contributed by atoms with Crippen LogP contribution in [0.5, 0.6) is 0 Å². The predicted molar refractivity (Wildman–Crippen MR) is 83.9 cm³/mol. The number of ether oxygens (including phenoxy) is 1. The summed E-state index contributed by atoms with van der Waals surface area (Å²) in [5, 5.41) is -0.630. The summed E-state index contributed by atoms with van der Waals surface area (Å²) >= 11 is 3.14. The zero-order valence-electron chi connectivity index (χ0n) is 11.8. The van der Waals surface area contributed by atoms with Gasteiger partial charge < -0.3 is 4.74 Å². The molecule has 0 fully saturated rings. The highest BCUT2D eigenvalue weighted by molar-refractivity contribution is 8.17. The Labute approximate surface area is 131 Å². The molecule has 0 aromatic heterocycles. The fourth-order valence-electron chi connectivity index (χ4n) is 1.26. The zero-order valence-corrected chi connectivity index (χ0v) is 14.3. The molecule has 0 rings (SSSR count). The van der Waals surface area contributed by atoms with Gasteiger partial charge in [0.25, 0.3) is 0 Å². The lowest BCUT2D eigenvalue weighted by atomic mass is 10.3. The molecular weight excluding hydrogens is 320 g/mol. The van der Waals surface area contributed by atoms with Crippen molar-refractivity contribution in [1.82, 2.24) is 0 Å². The molecule has 8 heteroatoms. The maximum atomic E-state index is 11.3. The van der Waals surface area contributed by atoms with Crippen LogP contribution in [0.25, 0.3) is 0 Å². The molecule has 0 aromatic carbocycles. The number of rotatable bonds is 7. The van der Waals surface area contributed by atoms with E-state index in [-0.39, 0.29) is 26.3 Å². The van der Waals surface area contributed by atoms with Crippen molar-refractivity contribution in [3.8, 4) is 0 Å². The Morgan fingerprint density at radius 3 is 1.75 bits per heavy atom. The second-order valence-electron chi connectivity index (χ2n) is 3.90. The molecule has 0 saturated heterocycles. The van der Waals surface area contributed by atoms with Crippen molar-refractivity contribution in [3.63, 3.8) is 0 Å². The van der Waals surface area contributed by atoms with E-state index in [1.54, 1.807) is 0 Å². The van der Waals surface area contributed by atoms with E-state index in [9.17, 15) is 19.2 Å². The first kappa shape index (κ1) is 19.5. The molecule has 2 unspecified atom stereocenters. The topological polar surface area (TPSA) is 77.5 Å². The van der Waals surface area contributed by atoms with Gasteiger partial charge in [-0.15, -0.1) is 0 Å². The van der Waals surface area contributed by atoms with Crippen LogP contribution >= 0.6 is 35.3 Å². The third-order valence-corrected chi connectivity index (χ3v) is 5.10. The summed E-state index contributed by atoms with van der Waals surface area (Å²) in [4.78, 5) is 44.5. The van der Waals surface area contributed by atoms with E-state index in [1.807, 2.05) is 0 Å². The summed E-state index contributed by atoms with van der Waals surface area (Å²) in [5.74, 6) is 0.162. The van der Waals surface area contributed by atoms with Crippen LogP contribution in [0.4, 0.5) is 0 Å². The van der Waals surface area contributed by atoms with Gasteiger partial charge in [0.05, 0.1) is 5.25 Å². The molecule has 20 heavy (non-hydrogen) atoms. The Kier molecular flexibility index (Phi) is 10.0. The third-order valence-electron chi connectivity index (χ3n) is 1.95. The molecule has 0 amide bonds. The van der Waals surface area contributed by atoms with Crippen molar-refractivity contribution in [2.45, 2.75) is 39.0 Å². The van der Waals surface area contributed by atoms with Gasteiger partial charge in [0.1, 0.15) is 6.10 Å². The molecule has 2 atom stereocenters. The monoisotopic (exact) mass is 338 g/mol. The highest BCUT2D eigenvalue weighted by Gasteiger charge is 2.27. The van der Waals surface area contributed by atoms with Crippen LogP contribution in [0.3, 0.4) is 0 Å². The first-order valence-corrected chi connectivity index (χ1v) is 8.68. The molecule has 0 aliphatic rings. The largest absolute Gasteiger partial charge is 0.460 e. The van der Waals surface area contributed by atoms with Gasteiger partial charge in [0, 0.05) is 39.2 Å². The van der Waals surface area contributed by atoms with Crippen LogP contribution in [0.1, 0.15) is 27.7 Å². The Morgan fingerprint density at radius 1 is 0.850 bits per heavy atom. The van der Waals surface area contributed by atoms with Crippen LogP contribution in [0.2, 0.25) is 0 Å². The van der Waals surface area contributed by atoms with E-state index in [4.69, 9.17) is 4.74 Å². The van der Waals surface area contributed by atoms with Gasteiger partial charge in [-0.25, -0.2) is 0 Å². The predicted octanol–water partition coefficient (Wildman–Crippen LogP) is 2.13. The molecule has 0 spiro atoms. The van der Waals surface area contributed by atoms with E-state index in [0.717, 1.165) is 35.3 Å². The highest BCUT2D eigenvalue weighted by Crippen LogP contribution is 2.25. The molecule has 114 valence electrons. The van der Waals surface area contributed by atoms with Crippen molar-refractivity contribution < 1.29 is 23.9 Å². The van der Waals surface area contributed by atoms with E-state index >= 15 is 0 Å². The molecule has 0 bridgehead atoms. The molecule has 0 heterocycles. The minimum atomic E-state index is -0.581. The molecule has 0 aliphatic heterocycles. The fraction of sp³-hybridized carbons (Fsp3) is 0.667. The van der Waals surface area contributed by atoms with E-state index < -0.39 is 12.1 Å². The van der Waals surface area contributed by atoms with Gasteiger partial charge in [0.15, 0.2) is 15.3 Å². The first-order valence-electron chi connectivity index (χ1n) is 5.83. The fourth-order valence-corrected chi connectivity index (χ4v) is 3.90. The Morgan fingerprint density at radius 2 is 1.35 bits per heavy atom. The summed E-state index contributed by atoms with van der Waals surface area (Å²) in [7, 11) is 0. The van der Waals surface area contributed by atoms with Gasteiger partial charge in [-0.3, -0.25) is 19.2 Å². The summed E-state index contributed by atoms with van der Waals surface area (Å²) in [6.45, 7) is 5.55.